The molecular formula is C42H45IrN4O2Si-. The molecule has 0 spiro atoms. The number of ketones is 1. The van der Waals surface area contributed by atoms with Crippen LogP contribution in [-0.2, 0) is 24.9 Å². The summed E-state index contributed by atoms with van der Waals surface area (Å²) in [6.07, 6.45) is 8.44. The smallest absolute Gasteiger partial charge is 0.162 e. The zero-order chi connectivity index (χ0) is 34.7. The standard InChI is InChI=1S/C29H21N4Si.C13H24O2.Ir/c1-34(2,19-9-4-3-5-10-19)20-14-15-23-25(17-20)33-24-13-8-16-30-26(24)21-11-6-7-12-22(21)27-29(33)28(23)32-18-31-27;1-5-10(6-2)12(14)9-13(15)11(7-3)8-4;/h3-11,13-18H,1-2H3;9-11,14H,5-8H2,1-4H3;/q-1;;/b;12-9-;. The average Bonchev–Trinajstić information content (AvgIpc) is 3.40. The van der Waals surface area contributed by atoms with Crippen LogP contribution < -0.4 is 10.4 Å². The molecule has 0 aliphatic carbocycles. The molecule has 1 aliphatic heterocycles. The number of nitrogens with zero attached hydrogens (tertiary/aromatic N) is 4. The molecule has 0 unspecified atom stereocenters. The minimum atomic E-state index is -1.89. The van der Waals surface area contributed by atoms with Crippen LogP contribution in [0.2, 0.25) is 13.1 Å². The minimum Gasteiger partial charge on any atom is -0.512 e. The SMILES string of the molecule is CCC(CC)C(=O)/C=C(\O)C(CC)CC.C[Si](C)(c1ccccc1)c1ccc2c3ncnc4c3n(c2c1)-c1cccnc1-c1ccc[c-]c1-4.[Ir]. The van der Waals surface area contributed by atoms with E-state index in [0.29, 0.717) is 0 Å². The third-order valence-corrected chi connectivity index (χ3v) is 13.7. The number of pyridine rings is 1. The van der Waals surface area contributed by atoms with Crippen molar-refractivity contribution in [2.24, 2.45) is 11.8 Å². The molecule has 1 N–H and O–H groups in total. The Morgan fingerprint density at radius 3 is 2.26 bits per heavy atom. The molecule has 50 heavy (non-hydrogen) atoms. The first kappa shape index (κ1) is 37.0. The molecule has 3 aromatic heterocycles. The van der Waals surface area contributed by atoms with Crippen molar-refractivity contribution in [3.63, 3.8) is 0 Å². The van der Waals surface area contributed by atoms with E-state index >= 15 is 0 Å². The maximum absolute atomic E-state index is 11.7. The van der Waals surface area contributed by atoms with Crippen molar-refractivity contribution in [2.45, 2.75) is 66.5 Å². The molecule has 1 aliphatic rings. The Kier molecular flexibility index (Phi) is 11.7. The van der Waals surface area contributed by atoms with Gasteiger partial charge >= 0.3 is 0 Å². The van der Waals surface area contributed by atoms with Crippen LogP contribution in [-0.4, -0.2) is 38.5 Å². The van der Waals surface area contributed by atoms with Gasteiger partial charge in [0.15, 0.2) is 5.78 Å². The maximum atomic E-state index is 11.7. The molecule has 6 aromatic rings. The maximum Gasteiger partial charge on any atom is 0.162 e. The van der Waals surface area contributed by atoms with E-state index in [2.05, 4.69) is 84.4 Å². The summed E-state index contributed by atoms with van der Waals surface area (Å²) in [7, 11) is -1.89. The Labute approximate surface area is 310 Å². The van der Waals surface area contributed by atoms with Crippen LogP contribution in [0.1, 0.15) is 53.4 Å². The van der Waals surface area contributed by atoms with E-state index in [9.17, 15) is 9.90 Å². The number of carbonyl (C=O) groups excluding carboxylic acids is 1. The van der Waals surface area contributed by atoms with Gasteiger partial charge in [-0.2, -0.15) is 0 Å². The Hall–Kier alpha value is -4.23. The average molecular weight is 858 g/mol. The van der Waals surface area contributed by atoms with E-state index < -0.39 is 8.07 Å². The molecule has 8 heteroatoms. The summed E-state index contributed by atoms with van der Waals surface area (Å²) in [6.45, 7) is 12.9. The third kappa shape index (κ3) is 6.77. The minimum absolute atomic E-state index is 0. The molecule has 4 heterocycles. The number of hydrogen-bond acceptors (Lipinski definition) is 5. The zero-order valence-electron chi connectivity index (χ0n) is 29.7. The van der Waals surface area contributed by atoms with Crippen LogP contribution in [0.4, 0.5) is 0 Å². The first-order valence-corrected chi connectivity index (χ1v) is 20.5. The predicted molar refractivity (Wildman–Crippen MR) is 204 cm³/mol. The monoisotopic (exact) mass is 858 g/mol. The second-order valence-electron chi connectivity index (χ2n) is 13.3. The van der Waals surface area contributed by atoms with Crippen molar-refractivity contribution in [1.29, 1.82) is 0 Å². The zero-order valence-corrected chi connectivity index (χ0v) is 33.1. The Morgan fingerprint density at radius 2 is 1.56 bits per heavy atom. The fourth-order valence-electron chi connectivity index (χ4n) is 7.06. The summed E-state index contributed by atoms with van der Waals surface area (Å²) in [4.78, 5) is 26.0. The van der Waals surface area contributed by atoms with Gasteiger partial charge in [-0.05, 0) is 43.9 Å². The number of aromatic nitrogens is 4. The molecule has 0 atom stereocenters. The van der Waals surface area contributed by atoms with Gasteiger partial charge in [0.05, 0.1) is 33.7 Å². The molecule has 0 amide bonds. The van der Waals surface area contributed by atoms with E-state index in [1.165, 1.54) is 16.4 Å². The van der Waals surface area contributed by atoms with Crippen LogP contribution in [0.25, 0.3) is 50.1 Å². The van der Waals surface area contributed by atoms with Crippen LogP contribution >= 0.6 is 0 Å². The molecule has 6 nitrogen and oxygen atoms in total. The van der Waals surface area contributed by atoms with Crippen molar-refractivity contribution in [2.75, 3.05) is 0 Å². The number of hydrogen-bond donors (Lipinski definition) is 1. The predicted octanol–water partition coefficient (Wildman–Crippen LogP) is 9.11. The summed E-state index contributed by atoms with van der Waals surface area (Å²) < 4.78 is 2.31. The summed E-state index contributed by atoms with van der Waals surface area (Å²) in [5.41, 5.74) is 8.03. The first-order chi connectivity index (χ1) is 23.7. The first-order valence-electron chi connectivity index (χ1n) is 17.5. The summed E-state index contributed by atoms with van der Waals surface area (Å²) >= 11 is 0. The molecule has 1 radical (unpaired) electrons. The van der Waals surface area contributed by atoms with Gasteiger partial charge in [-0.15, -0.1) is 29.8 Å². The number of allylic oxidation sites excluding steroid dienone is 2. The number of aliphatic hydroxyl groups is 1. The summed E-state index contributed by atoms with van der Waals surface area (Å²) in [5, 5.41) is 13.7. The molecule has 7 rings (SSSR count). The molecular weight excluding hydrogens is 813 g/mol. The molecule has 0 saturated carbocycles. The summed E-state index contributed by atoms with van der Waals surface area (Å²) in [6, 6.07) is 31.4. The van der Waals surface area contributed by atoms with Gasteiger partial charge in [0.1, 0.15) is 14.4 Å². The van der Waals surface area contributed by atoms with Crippen molar-refractivity contribution in [1.82, 2.24) is 19.5 Å². The number of aliphatic hydroxyl groups excluding tert-OH is 1. The number of fused-ring (bicyclic) bond motifs is 8. The third-order valence-electron chi connectivity index (χ3n) is 10.2. The second-order valence-corrected chi connectivity index (χ2v) is 17.7. The normalized spacial score (nSPS) is 12.2. The summed E-state index contributed by atoms with van der Waals surface area (Å²) in [5.74, 6) is 0.547. The van der Waals surface area contributed by atoms with Gasteiger partial charge in [0, 0.05) is 55.3 Å². The van der Waals surface area contributed by atoms with Gasteiger partial charge in [0.2, 0.25) is 0 Å². The van der Waals surface area contributed by atoms with E-state index in [4.69, 9.17) is 15.0 Å². The van der Waals surface area contributed by atoms with Gasteiger partial charge in [-0.25, -0.2) is 4.98 Å². The van der Waals surface area contributed by atoms with Crippen molar-refractivity contribution < 1.29 is 30.0 Å². The molecule has 0 saturated heterocycles. The van der Waals surface area contributed by atoms with Crippen molar-refractivity contribution in [3.05, 3.63) is 109 Å². The topological polar surface area (TPSA) is 80.9 Å². The van der Waals surface area contributed by atoms with Gasteiger partial charge in [-0.1, -0.05) is 99.2 Å². The van der Waals surface area contributed by atoms with E-state index in [1.54, 1.807) is 6.33 Å². The second kappa shape index (κ2) is 15.8. The Bertz CT molecular complexity index is 2150. The number of rotatable bonds is 9. The van der Waals surface area contributed by atoms with E-state index in [0.717, 1.165) is 75.8 Å². The number of benzene rings is 3. The van der Waals surface area contributed by atoms with E-state index in [-0.39, 0.29) is 43.5 Å². The fourth-order valence-corrected chi connectivity index (χ4v) is 9.42. The Morgan fingerprint density at radius 1 is 0.840 bits per heavy atom. The van der Waals surface area contributed by atoms with Crippen LogP contribution in [0.15, 0.2) is 103 Å². The quantitative estimate of drug-likeness (QED) is 0.0679. The fraction of sp³-hybridized carbons (Fsp3) is 0.286. The molecule has 259 valence electrons. The van der Waals surface area contributed by atoms with E-state index in [1.807, 2.05) is 52.1 Å². The molecule has 0 bridgehead atoms. The largest absolute Gasteiger partial charge is 0.512 e. The van der Waals surface area contributed by atoms with Gasteiger partial charge in [-0.3, -0.25) is 14.8 Å². The van der Waals surface area contributed by atoms with Crippen LogP contribution in [0, 0.1) is 17.9 Å². The molecule has 3 aromatic carbocycles. The van der Waals surface area contributed by atoms with Gasteiger partial charge in [0.25, 0.3) is 0 Å². The molecule has 0 fully saturated rings. The van der Waals surface area contributed by atoms with Crippen LogP contribution in [0.5, 0.6) is 0 Å². The van der Waals surface area contributed by atoms with Gasteiger partial charge < -0.3 is 9.67 Å². The van der Waals surface area contributed by atoms with Crippen molar-refractivity contribution >= 4 is 46.2 Å². The number of carbonyl (C=O) groups is 1. The van der Waals surface area contributed by atoms with Crippen LogP contribution in [0.3, 0.4) is 0 Å². The van der Waals surface area contributed by atoms with Crippen molar-refractivity contribution in [3.8, 4) is 28.2 Å². The Balaban J connectivity index is 0.000000261.